The van der Waals surface area contributed by atoms with Crippen LogP contribution in [0.2, 0.25) is 0 Å². The minimum atomic E-state index is 0.249. The van der Waals surface area contributed by atoms with Crippen molar-refractivity contribution in [2.24, 2.45) is 4.99 Å². The second-order valence-corrected chi connectivity index (χ2v) is 8.82. The lowest BCUT2D eigenvalue weighted by atomic mass is 9.90. The second kappa shape index (κ2) is 10.1. The first-order chi connectivity index (χ1) is 14.9. The molecule has 1 fully saturated rings. The molecule has 3 rings (SSSR count). The summed E-state index contributed by atoms with van der Waals surface area (Å²) in [5.74, 6) is 0.603. The molecule has 0 aliphatic carbocycles. The quantitative estimate of drug-likeness (QED) is 0.506. The number of rotatable bonds is 6. The highest BCUT2D eigenvalue weighted by Gasteiger charge is 2.30. The highest BCUT2D eigenvalue weighted by molar-refractivity contribution is 5.90. The van der Waals surface area contributed by atoms with Crippen molar-refractivity contribution in [1.82, 2.24) is 14.8 Å². The van der Waals surface area contributed by atoms with Gasteiger partial charge in [-0.2, -0.15) is 0 Å². The molecule has 1 saturated heterocycles. The van der Waals surface area contributed by atoms with Crippen LogP contribution < -0.4 is 0 Å². The minimum absolute atomic E-state index is 0.249. The van der Waals surface area contributed by atoms with Gasteiger partial charge in [-0.05, 0) is 70.1 Å². The van der Waals surface area contributed by atoms with Crippen molar-refractivity contribution in [3.8, 4) is 0 Å². The average molecular weight is 420 g/mol. The third-order valence-corrected chi connectivity index (χ3v) is 6.64. The molecule has 166 valence electrons. The maximum atomic E-state index is 8.46. The maximum Gasteiger partial charge on any atom is 0.120 e. The highest BCUT2D eigenvalue weighted by Crippen LogP contribution is 2.36. The number of aromatic nitrogens is 1. The molecule has 1 N–H and O–H groups in total. The first-order valence-electron chi connectivity index (χ1n) is 11.3. The van der Waals surface area contributed by atoms with E-state index in [-0.39, 0.29) is 6.04 Å². The van der Waals surface area contributed by atoms with E-state index >= 15 is 0 Å². The minimum Gasteiger partial charge on any atom is -0.371 e. The summed E-state index contributed by atoms with van der Waals surface area (Å²) in [6.07, 6.45) is 13.0. The number of pyridine rings is 1. The van der Waals surface area contributed by atoms with Crippen molar-refractivity contribution in [2.45, 2.75) is 65.0 Å². The van der Waals surface area contributed by atoms with Crippen molar-refractivity contribution in [1.29, 1.82) is 5.41 Å². The Morgan fingerprint density at radius 3 is 2.87 bits per heavy atom. The zero-order valence-electron chi connectivity index (χ0n) is 19.8. The van der Waals surface area contributed by atoms with Crippen LogP contribution >= 0.6 is 0 Å². The van der Waals surface area contributed by atoms with Gasteiger partial charge in [0.2, 0.25) is 0 Å². The van der Waals surface area contributed by atoms with Gasteiger partial charge < -0.3 is 9.80 Å². The largest absolute Gasteiger partial charge is 0.371 e. The molecule has 2 aliphatic heterocycles. The monoisotopic (exact) mass is 419 g/mol. The number of allylic oxidation sites excluding steroid dienone is 2. The standard InChI is InChI=1S/C26H37N5/c1-7-9-26(27)31-13-8-10-25(31)22-14-18(2)16-29-24(22)12-11-21-15-19(3)23(17-28-5)20(4)30(21)6/h7,9,14,16-17,21,25,27H,4,8,10-13,15H2,1-3,5-6H3/b9-7-,27-26?,28-17?/t21-,25?/m1/s1. The predicted molar refractivity (Wildman–Crippen MR) is 131 cm³/mol. The number of amidine groups is 1. The summed E-state index contributed by atoms with van der Waals surface area (Å²) in [7, 11) is 3.95. The summed E-state index contributed by atoms with van der Waals surface area (Å²) in [6, 6.07) is 2.95. The summed E-state index contributed by atoms with van der Waals surface area (Å²) < 4.78 is 0. The van der Waals surface area contributed by atoms with Gasteiger partial charge in [0.15, 0.2) is 0 Å². The van der Waals surface area contributed by atoms with Gasteiger partial charge in [0.05, 0.1) is 6.04 Å². The Morgan fingerprint density at radius 2 is 2.16 bits per heavy atom. The van der Waals surface area contributed by atoms with Gasteiger partial charge in [0.1, 0.15) is 5.84 Å². The first-order valence-corrected chi connectivity index (χ1v) is 11.3. The predicted octanol–water partition coefficient (Wildman–Crippen LogP) is 5.25. The molecular formula is C26H37N5. The van der Waals surface area contributed by atoms with Crippen molar-refractivity contribution < 1.29 is 0 Å². The number of hydrogen-bond acceptors (Lipinski definition) is 4. The van der Waals surface area contributed by atoms with Crippen molar-refractivity contribution >= 4 is 12.1 Å². The van der Waals surface area contributed by atoms with Gasteiger partial charge >= 0.3 is 0 Å². The van der Waals surface area contributed by atoms with E-state index in [2.05, 4.69) is 48.3 Å². The molecule has 5 nitrogen and oxygen atoms in total. The van der Waals surface area contributed by atoms with Crippen LogP contribution in [0.3, 0.4) is 0 Å². The molecule has 0 amide bonds. The number of likely N-dealkylation sites (N-methyl/N-ethyl adjacent to an activating group) is 1. The summed E-state index contributed by atoms with van der Waals surface area (Å²) in [5, 5.41) is 8.46. The number of nitrogens with zero attached hydrogens (tertiary/aromatic N) is 4. The van der Waals surface area contributed by atoms with Crippen LogP contribution in [0.25, 0.3) is 0 Å². The molecule has 0 aromatic carbocycles. The molecular weight excluding hydrogens is 382 g/mol. The van der Waals surface area contributed by atoms with Gasteiger partial charge in [-0.3, -0.25) is 15.4 Å². The Balaban J connectivity index is 1.81. The van der Waals surface area contributed by atoms with Gasteiger partial charge in [0, 0.05) is 56.1 Å². The van der Waals surface area contributed by atoms with Gasteiger partial charge in [-0.1, -0.05) is 24.3 Å². The normalized spacial score (nSPS) is 22.4. The van der Waals surface area contributed by atoms with Crippen LogP contribution in [0.1, 0.15) is 62.4 Å². The van der Waals surface area contributed by atoms with Crippen LogP contribution in [0, 0.1) is 12.3 Å². The lowest BCUT2D eigenvalue weighted by Gasteiger charge is -2.37. The summed E-state index contributed by atoms with van der Waals surface area (Å²) in [5.41, 5.74) is 7.25. The van der Waals surface area contributed by atoms with Gasteiger partial charge in [-0.15, -0.1) is 0 Å². The lowest BCUT2D eigenvalue weighted by Crippen LogP contribution is -2.36. The van der Waals surface area contributed by atoms with Gasteiger partial charge in [-0.25, -0.2) is 0 Å². The Bertz CT molecular complexity index is 924. The van der Waals surface area contributed by atoms with E-state index in [9.17, 15) is 0 Å². The molecule has 1 aromatic heterocycles. The molecule has 2 atom stereocenters. The van der Waals surface area contributed by atoms with E-state index in [0.29, 0.717) is 11.9 Å². The van der Waals surface area contributed by atoms with Crippen LogP contribution in [0.4, 0.5) is 0 Å². The van der Waals surface area contributed by atoms with E-state index in [1.807, 2.05) is 38.5 Å². The number of aryl methyl sites for hydroxylation is 2. The van der Waals surface area contributed by atoms with E-state index in [1.54, 1.807) is 0 Å². The van der Waals surface area contributed by atoms with E-state index in [1.165, 1.54) is 28.0 Å². The zero-order chi connectivity index (χ0) is 22.5. The Kier molecular flexibility index (Phi) is 7.47. The fourth-order valence-electron chi connectivity index (χ4n) is 4.92. The summed E-state index contributed by atoms with van der Waals surface area (Å²) >= 11 is 0. The molecule has 2 aliphatic rings. The third kappa shape index (κ3) is 4.97. The van der Waals surface area contributed by atoms with Crippen LogP contribution in [0.5, 0.6) is 0 Å². The van der Waals surface area contributed by atoms with Crippen LogP contribution in [0.15, 0.2) is 52.8 Å². The molecule has 31 heavy (non-hydrogen) atoms. The van der Waals surface area contributed by atoms with Crippen LogP contribution in [-0.2, 0) is 6.42 Å². The second-order valence-electron chi connectivity index (χ2n) is 8.82. The Morgan fingerprint density at radius 1 is 1.39 bits per heavy atom. The van der Waals surface area contributed by atoms with E-state index in [4.69, 9.17) is 10.4 Å². The van der Waals surface area contributed by atoms with Gasteiger partial charge in [0.25, 0.3) is 0 Å². The number of hydrogen-bond donors (Lipinski definition) is 1. The Labute approximate surface area is 187 Å². The molecule has 0 spiro atoms. The fraction of sp³-hybridized carbons (Fsp3) is 0.500. The topological polar surface area (TPSA) is 55.6 Å². The zero-order valence-corrected chi connectivity index (χ0v) is 19.8. The summed E-state index contributed by atoms with van der Waals surface area (Å²) in [6.45, 7) is 11.5. The first kappa shape index (κ1) is 23.0. The molecule has 0 radical (unpaired) electrons. The molecule has 1 aromatic rings. The molecule has 0 saturated carbocycles. The molecule has 1 unspecified atom stereocenters. The number of nitrogens with one attached hydrogen (secondary N) is 1. The van der Waals surface area contributed by atoms with Crippen molar-refractivity contribution in [3.63, 3.8) is 0 Å². The smallest absolute Gasteiger partial charge is 0.120 e. The van der Waals surface area contributed by atoms with Crippen molar-refractivity contribution in [3.05, 3.63) is 64.7 Å². The third-order valence-electron chi connectivity index (χ3n) is 6.64. The highest BCUT2D eigenvalue weighted by atomic mass is 15.2. The Hall–Kier alpha value is -2.69. The van der Waals surface area contributed by atoms with Crippen LogP contribution in [-0.4, -0.2) is 53.5 Å². The number of likely N-dealkylation sites (tertiary alicyclic amines) is 1. The molecule has 5 heteroatoms. The molecule has 0 bridgehead atoms. The van der Waals surface area contributed by atoms with E-state index in [0.717, 1.165) is 44.3 Å². The summed E-state index contributed by atoms with van der Waals surface area (Å²) in [4.78, 5) is 13.6. The number of aliphatic imine (C=N–C) groups is 1. The van der Waals surface area contributed by atoms with E-state index < -0.39 is 0 Å². The average Bonchev–Trinajstić information content (AvgIpc) is 3.23. The van der Waals surface area contributed by atoms with Crippen molar-refractivity contribution in [2.75, 3.05) is 20.6 Å². The molecule has 3 heterocycles. The SMILES string of the molecule is C=C1C(C=NC)=C(C)C[C@@H](CCc2ncc(C)cc2C2CCCN2C(=N)/C=C\C)N1C. The maximum absolute atomic E-state index is 8.46. The fourth-order valence-corrected chi connectivity index (χ4v) is 4.92. The lowest BCUT2D eigenvalue weighted by molar-refractivity contribution is 0.279.